The summed E-state index contributed by atoms with van der Waals surface area (Å²) >= 11 is 0. The van der Waals surface area contributed by atoms with Gasteiger partial charge in [0.25, 0.3) is 15.9 Å². The number of hydrogen-bond acceptors (Lipinski definition) is 4. The number of ether oxygens (including phenoxy) is 1. The van der Waals surface area contributed by atoms with E-state index in [4.69, 9.17) is 4.74 Å². The van der Waals surface area contributed by atoms with Gasteiger partial charge in [0.15, 0.2) is 6.61 Å². The maximum absolute atomic E-state index is 12.9. The number of nitrogens with one attached hydrogen (secondary N) is 1. The summed E-state index contributed by atoms with van der Waals surface area (Å²) < 4.78 is 69.9. The molecule has 10 heteroatoms. The molecule has 0 aliphatic heterocycles. The van der Waals surface area contributed by atoms with Crippen molar-refractivity contribution in [1.82, 2.24) is 0 Å². The molecule has 168 valence electrons. The Kier molecular flexibility index (Phi) is 6.73. The first kappa shape index (κ1) is 23.1. The minimum absolute atomic E-state index is 0.0229. The molecular weight excluding hydrogens is 445 g/mol. The fourth-order valence-electron chi connectivity index (χ4n) is 2.76. The van der Waals surface area contributed by atoms with Gasteiger partial charge in [0.1, 0.15) is 5.75 Å². The normalized spacial score (nSPS) is 11.6. The third-order valence-corrected chi connectivity index (χ3v) is 6.23. The van der Waals surface area contributed by atoms with Crippen LogP contribution < -0.4 is 14.4 Å². The molecule has 0 aromatic heterocycles. The maximum Gasteiger partial charge on any atom is 0.416 e. The number of para-hydroxylation sites is 1. The highest BCUT2D eigenvalue weighted by atomic mass is 32.2. The molecule has 32 heavy (non-hydrogen) atoms. The van der Waals surface area contributed by atoms with Gasteiger partial charge in [-0.15, -0.1) is 0 Å². The third kappa shape index (κ3) is 5.58. The summed E-state index contributed by atoms with van der Waals surface area (Å²) in [5.41, 5.74) is -0.117. The lowest BCUT2D eigenvalue weighted by Gasteiger charge is -2.20. The molecule has 0 unspecified atom stereocenters. The minimum atomic E-state index is -4.46. The summed E-state index contributed by atoms with van der Waals surface area (Å²) in [5.74, 6) is -0.509. The number of benzene rings is 3. The van der Waals surface area contributed by atoms with E-state index in [-0.39, 0.29) is 16.3 Å². The van der Waals surface area contributed by atoms with Crippen molar-refractivity contribution in [3.8, 4) is 5.75 Å². The van der Waals surface area contributed by atoms with E-state index in [2.05, 4.69) is 5.32 Å². The van der Waals surface area contributed by atoms with Gasteiger partial charge >= 0.3 is 6.18 Å². The van der Waals surface area contributed by atoms with Gasteiger partial charge in [0.05, 0.1) is 16.1 Å². The van der Waals surface area contributed by atoms with Crippen LogP contribution in [0.15, 0.2) is 83.8 Å². The first-order valence-electron chi connectivity index (χ1n) is 9.31. The van der Waals surface area contributed by atoms with Gasteiger partial charge < -0.3 is 10.1 Å². The van der Waals surface area contributed by atoms with Gasteiger partial charge in [-0.1, -0.05) is 24.3 Å². The lowest BCUT2D eigenvalue weighted by atomic mass is 10.2. The molecule has 0 saturated carbocycles. The van der Waals surface area contributed by atoms with Crippen LogP contribution in [0, 0.1) is 0 Å². The van der Waals surface area contributed by atoms with E-state index < -0.39 is 34.3 Å². The monoisotopic (exact) mass is 464 g/mol. The smallest absolute Gasteiger partial charge is 0.416 e. The summed E-state index contributed by atoms with van der Waals surface area (Å²) in [7, 11) is -2.44. The van der Waals surface area contributed by atoms with E-state index in [1.165, 1.54) is 31.3 Å². The van der Waals surface area contributed by atoms with Crippen LogP contribution in [0.2, 0.25) is 0 Å². The second-order valence-electron chi connectivity index (χ2n) is 6.69. The zero-order valence-corrected chi connectivity index (χ0v) is 17.7. The predicted molar refractivity (Wildman–Crippen MR) is 114 cm³/mol. The van der Waals surface area contributed by atoms with E-state index in [1.54, 1.807) is 30.3 Å². The van der Waals surface area contributed by atoms with Gasteiger partial charge in [0.2, 0.25) is 0 Å². The van der Waals surface area contributed by atoms with Crippen molar-refractivity contribution in [3.63, 3.8) is 0 Å². The van der Waals surface area contributed by atoms with Gasteiger partial charge in [0, 0.05) is 12.7 Å². The Morgan fingerprint density at radius 1 is 0.969 bits per heavy atom. The molecule has 0 atom stereocenters. The van der Waals surface area contributed by atoms with Gasteiger partial charge in [-0.2, -0.15) is 13.2 Å². The summed E-state index contributed by atoms with van der Waals surface area (Å²) in [6.45, 7) is -0.466. The number of anilines is 2. The van der Waals surface area contributed by atoms with E-state index in [0.29, 0.717) is 5.69 Å². The fourth-order valence-corrected chi connectivity index (χ4v) is 4.00. The molecule has 0 aliphatic rings. The molecule has 0 spiro atoms. The molecule has 0 saturated heterocycles. The third-order valence-electron chi connectivity index (χ3n) is 4.45. The molecule has 3 rings (SSSR count). The second kappa shape index (κ2) is 9.31. The number of carbonyl (C=O) groups is 1. The quantitative estimate of drug-likeness (QED) is 0.557. The lowest BCUT2D eigenvalue weighted by Crippen LogP contribution is -2.26. The van der Waals surface area contributed by atoms with Crippen molar-refractivity contribution in [3.05, 3.63) is 84.4 Å². The van der Waals surface area contributed by atoms with Crippen LogP contribution in [0.4, 0.5) is 24.5 Å². The molecule has 3 aromatic rings. The van der Waals surface area contributed by atoms with Crippen LogP contribution in [0.3, 0.4) is 0 Å². The van der Waals surface area contributed by atoms with Crippen LogP contribution in [0.5, 0.6) is 5.75 Å². The molecule has 0 heterocycles. The van der Waals surface area contributed by atoms with E-state index in [0.717, 1.165) is 28.6 Å². The molecule has 0 fully saturated rings. The molecule has 6 nitrogen and oxygen atoms in total. The molecule has 0 bridgehead atoms. The van der Waals surface area contributed by atoms with Crippen molar-refractivity contribution in [2.75, 3.05) is 23.3 Å². The first-order valence-corrected chi connectivity index (χ1v) is 10.8. The van der Waals surface area contributed by atoms with Crippen LogP contribution in [-0.2, 0) is 21.0 Å². The lowest BCUT2D eigenvalue weighted by molar-refractivity contribution is -0.137. The largest absolute Gasteiger partial charge is 0.484 e. The average Bonchev–Trinajstić information content (AvgIpc) is 2.77. The van der Waals surface area contributed by atoms with Crippen LogP contribution in [-0.4, -0.2) is 28.0 Å². The molecule has 0 radical (unpaired) electrons. The van der Waals surface area contributed by atoms with E-state index >= 15 is 0 Å². The first-order chi connectivity index (χ1) is 15.1. The van der Waals surface area contributed by atoms with Gasteiger partial charge in [-0.05, 0) is 54.6 Å². The maximum atomic E-state index is 12.9. The number of rotatable bonds is 7. The highest BCUT2D eigenvalue weighted by molar-refractivity contribution is 7.92. The Morgan fingerprint density at radius 2 is 1.62 bits per heavy atom. The fraction of sp³-hybridized carbons (Fsp3) is 0.136. The van der Waals surface area contributed by atoms with Crippen molar-refractivity contribution in [1.29, 1.82) is 0 Å². The van der Waals surface area contributed by atoms with Crippen molar-refractivity contribution in [2.24, 2.45) is 0 Å². The van der Waals surface area contributed by atoms with Crippen molar-refractivity contribution in [2.45, 2.75) is 11.1 Å². The van der Waals surface area contributed by atoms with E-state index in [9.17, 15) is 26.4 Å². The van der Waals surface area contributed by atoms with Gasteiger partial charge in [-0.3, -0.25) is 9.10 Å². The van der Waals surface area contributed by atoms with Crippen LogP contribution in [0.25, 0.3) is 0 Å². The summed E-state index contributed by atoms with van der Waals surface area (Å²) in [4.78, 5) is 12.1. The van der Waals surface area contributed by atoms with Crippen LogP contribution >= 0.6 is 0 Å². The Balaban J connectivity index is 1.65. The Morgan fingerprint density at radius 3 is 2.25 bits per heavy atom. The number of halogens is 3. The Hall–Kier alpha value is -3.53. The number of amides is 1. The number of alkyl halides is 3. The highest BCUT2D eigenvalue weighted by Gasteiger charge is 2.30. The zero-order valence-electron chi connectivity index (χ0n) is 16.8. The molecular formula is C22H19F3N2O4S. The van der Waals surface area contributed by atoms with Gasteiger partial charge in [-0.25, -0.2) is 8.42 Å². The second-order valence-corrected chi connectivity index (χ2v) is 8.66. The standard InChI is InChI=1S/C22H19F3N2O4S/c1-27(18-7-3-2-4-8-18)32(29,30)20-9-5-6-17(14-20)26-21(28)15-31-19-12-10-16(11-13-19)22(23,24)25/h2-14H,15H2,1H3,(H,26,28). The summed E-state index contributed by atoms with van der Waals surface area (Å²) in [6.07, 6.45) is -4.46. The highest BCUT2D eigenvalue weighted by Crippen LogP contribution is 2.30. The Bertz CT molecular complexity index is 1180. The number of carbonyl (C=O) groups excluding carboxylic acids is 1. The summed E-state index contributed by atoms with van der Waals surface area (Å²) in [5, 5.41) is 2.51. The Labute approximate surface area is 183 Å². The molecule has 1 amide bonds. The zero-order chi connectivity index (χ0) is 23.4. The SMILES string of the molecule is CN(c1ccccc1)S(=O)(=O)c1cccc(NC(=O)COc2ccc(C(F)(F)F)cc2)c1. The van der Waals surface area contributed by atoms with Crippen molar-refractivity contribution >= 4 is 27.3 Å². The minimum Gasteiger partial charge on any atom is -0.484 e. The molecule has 3 aromatic carbocycles. The predicted octanol–water partition coefficient (Wildman–Crippen LogP) is 4.55. The number of nitrogens with zero attached hydrogens (tertiary/aromatic N) is 1. The number of hydrogen-bond donors (Lipinski definition) is 1. The van der Waals surface area contributed by atoms with Crippen molar-refractivity contribution < 1.29 is 31.1 Å². The average molecular weight is 464 g/mol. The molecule has 1 N–H and O–H groups in total. The van der Waals surface area contributed by atoms with E-state index in [1.807, 2.05) is 0 Å². The van der Waals surface area contributed by atoms with Crippen LogP contribution in [0.1, 0.15) is 5.56 Å². The summed E-state index contributed by atoms with van der Waals surface area (Å²) in [6, 6.07) is 18.2. The topological polar surface area (TPSA) is 75.7 Å². The number of sulfonamides is 1. The molecule has 0 aliphatic carbocycles.